The third-order valence-electron chi connectivity index (χ3n) is 3.14. The number of hydrogen-bond donors (Lipinski definition) is 1. The SMILES string of the molecule is Cc1ccc(S(C)(=O)=O)cc1NCCOc1ccc(F)cc1. The van der Waals surface area contributed by atoms with E-state index in [0.717, 1.165) is 11.3 Å². The van der Waals surface area contributed by atoms with Crippen LogP contribution in [0.4, 0.5) is 10.1 Å². The molecule has 0 aromatic heterocycles. The topological polar surface area (TPSA) is 55.4 Å². The van der Waals surface area contributed by atoms with Gasteiger partial charge in [0.05, 0.1) is 4.90 Å². The first-order chi connectivity index (χ1) is 10.4. The molecule has 0 fully saturated rings. The lowest BCUT2D eigenvalue weighted by Crippen LogP contribution is -2.12. The molecule has 0 bridgehead atoms. The van der Waals surface area contributed by atoms with Crippen LogP contribution in [-0.4, -0.2) is 27.8 Å². The van der Waals surface area contributed by atoms with Crippen molar-refractivity contribution >= 4 is 15.5 Å². The van der Waals surface area contributed by atoms with Gasteiger partial charge in [0.2, 0.25) is 0 Å². The molecule has 1 N–H and O–H groups in total. The van der Waals surface area contributed by atoms with Crippen LogP contribution in [0.1, 0.15) is 5.56 Å². The molecule has 22 heavy (non-hydrogen) atoms. The van der Waals surface area contributed by atoms with Gasteiger partial charge >= 0.3 is 0 Å². The Bertz CT molecular complexity index is 742. The van der Waals surface area contributed by atoms with Crippen molar-refractivity contribution < 1.29 is 17.5 Å². The number of benzene rings is 2. The highest BCUT2D eigenvalue weighted by atomic mass is 32.2. The second-order valence-corrected chi connectivity index (χ2v) is 6.99. The minimum absolute atomic E-state index is 0.278. The summed E-state index contributed by atoms with van der Waals surface area (Å²) >= 11 is 0. The first-order valence-corrected chi connectivity index (χ1v) is 8.68. The summed E-state index contributed by atoms with van der Waals surface area (Å²) in [6, 6.07) is 10.8. The van der Waals surface area contributed by atoms with Gasteiger partial charge in [-0.15, -0.1) is 0 Å². The standard InChI is InChI=1S/C16H18FNO3S/c1-12-3-8-15(22(2,19)20)11-16(12)18-9-10-21-14-6-4-13(17)5-7-14/h3-8,11,18H,9-10H2,1-2H3. The van der Waals surface area contributed by atoms with Crippen LogP contribution in [0.3, 0.4) is 0 Å². The summed E-state index contributed by atoms with van der Waals surface area (Å²) in [5, 5.41) is 3.14. The maximum absolute atomic E-state index is 12.8. The zero-order chi connectivity index (χ0) is 16.2. The lowest BCUT2D eigenvalue weighted by atomic mass is 10.2. The van der Waals surface area contributed by atoms with Gasteiger partial charge in [-0.1, -0.05) is 6.07 Å². The molecule has 0 aliphatic heterocycles. The molecule has 0 saturated carbocycles. The van der Waals surface area contributed by atoms with Crippen LogP contribution < -0.4 is 10.1 Å². The van der Waals surface area contributed by atoms with Gasteiger partial charge < -0.3 is 10.1 Å². The number of sulfone groups is 1. The predicted octanol–water partition coefficient (Wildman–Crippen LogP) is 3.03. The molecular weight excluding hydrogens is 305 g/mol. The number of rotatable bonds is 6. The highest BCUT2D eigenvalue weighted by Gasteiger charge is 2.09. The van der Waals surface area contributed by atoms with E-state index < -0.39 is 9.84 Å². The third-order valence-corrected chi connectivity index (χ3v) is 4.25. The van der Waals surface area contributed by atoms with E-state index in [0.29, 0.717) is 18.9 Å². The molecule has 0 aliphatic rings. The fourth-order valence-electron chi connectivity index (χ4n) is 1.91. The maximum Gasteiger partial charge on any atom is 0.175 e. The van der Waals surface area contributed by atoms with Crippen molar-refractivity contribution in [2.24, 2.45) is 0 Å². The minimum Gasteiger partial charge on any atom is -0.492 e. The molecule has 2 rings (SSSR count). The molecular formula is C16H18FNO3S. The molecule has 0 saturated heterocycles. The highest BCUT2D eigenvalue weighted by Crippen LogP contribution is 2.20. The van der Waals surface area contributed by atoms with E-state index in [1.807, 2.05) is 6.92 Å². The Labute approximate surface area is 129 Å². The smallest absolute Gasteiger partial charge is 0.175 e. The van der Waals surface area contributed by atoms with E-state index in [1.165, 1.54) is 18.4 Å². The van der Waals surface area contributed by atoms with Gasteiger partial charge in [0.25, 0.3) is 0 Å². The van der Waals surface area contributed by atoms with E-state index in [9.17, 15) is 12.8 Å². The Morgan fingerprint density at radius 3 is 2.45 bits per heavy atom. The van der Waals surface area contributed by atoms with Gasteiger partial charge in [-0.25, -0.2) is 12.8 Å². The van der Waals surface area contributed by atoms with Gasteiger partial charge in [-0.2, -0.15) is 0 Å². The molecule has 2 aromatic carbocycles. The largest absolute Gasteiger partial charge is 0.492 e. The fourth-order valence-corrected chi connectivity index (χ4v) is 2.55. The number of anilines is 1. The summed E-state index contributed by atoms with van der Waals surface area (Å²) in [6.45, 7) is 2.79. The molecule has 0 unspecified atom stereocenters. The molecule has 0 atom stereocenters. The number of nitrogens with one attached hydrogen (secondary N) is 1. The van der Waals surface area contributed by atoms with Gasteiger partial charge in [0, 0.05) is 18.5 Å². The van der Waals surface area contributed by atoms with E-state index in [-0.39, 0.29) is 10.7 Å². The maximum atomic E-state index is 12.8. The quantitative estimate of drug-likeness (QED) is 0.830. The third kappa shape index (κ3) is 4.46. The van der Waals surface area contributed by atoms with Crippen molar-refractivity contribution in [3.63, 3.8) is 0 Å². The lowest BCUT2D eigenvalue weighted by Gasteiger charge is -2.12. The Morgan fingerprint density at radius 2 is 1.82 bits per heavy atom. The van der Waals surface area contributed by atoms with E-state index in [2.05, 4.69) is 5.32 Å². The van der Waals surface area contributed by atoms with Crippen molar-refractivity contribution in [3.05, 3.63) is 53.8 Å². The molecule has 0 radical (unpaired) electrons. The van der Waals surface area contributed by atoms with E-state index in [1.54, 1.807) is 30.3 Å². The predicted molar refractivity (Wildman–Crippen MR) is 84.7 cm³/mol. The average Bonchev–Trinajstić information content (AvgIpc) is 2.46. The molecule has 0 aliphatic carbocycles. The van der Waals surface area contributed by atoms with Gasteiger partial charge in [-0.05, 0) is 48.9 Å². The molecule has 0 heterocycles. The van der Waals surface area contributed by atoms with E-state index >= 15 is 0 Å². The monoisotopic (exact) mass is 323 g/mol. The van der Waals surface area contributed by atoms with Crippen LogP contribution in [0.25, 0.3) is 0 Å². The Hall–Kier alpha value is -2.08. The zero-order valence-electron chi connectivity index (χ0n) is 12.5. The van der Waals surface area contributed by atoms with Crippen LogP contribution in [0.2, 0.25) is 0 Å². The lowest BCUT2D eigenvalue weighted by molar-refractivity contribution is 0.332. The summed E-state index contributed by atoms with van der Waals surface area (Å²) in [5.74, 6) is 0.281. The molecule has 0 spiro atoms. The molecule has 6 heteroatoms. The molecule has 118 valence electrons. The van der Waals surface area contributed by atoms with E-state index in [4.69, 9.17) is 4.74 Å². The number of ether oxygens (including phenoxy) is 1. The van der Waals surface area contributed by atoms with Crippen LogP contribution >= 0.6 is 0 Å². The molecule has 2 aromatic rings. The Kier molecular flexibility index (Phi) is 5.03. The second kappa shape index (κ2) is 6.79. The van der Waals surface area contributed by atoms with Crippen molar-refractivity contribution in [1.29, 1.82) is 0 Å². The van der Waals surface area contributed by atoms with Crippen molar-refractivity contribution in [1.82, 2.24) is 0 Å². The van der Waals surface area contributed by atoms with Crippen LogP contribution in [0, 0.1) is 12.7 Å². The van der Waals surface area contributed by atoms with Gasteiger partial charge in [-0.3, -0.25) is 0 Å². The van der Waals surface area contributed by atoms with Crippen LogP contribution in [0.15, 0.2) is 47.4 Å². The normalized spacial score (nSPS) is 11.2. The van der Waals surface area contributed by atoms with Gasteiger partial charge in [0.1, 0.15) is 18.2 Å². The summed E-state index contributed by atoms with van der Waals surface area (Å²) in [5.41, 5.74) is 1.71. The first kappa shape index (κ1) is 16.3. The van der Waals surface area contributed by atoms with Crippen LogP contribution in [-0.2, 0) is 9.84 Å². The summed E-state index contributed by atoms with van der Waals surface area (Å²) in [4.78, 5) is 0.278. The van der Waals surface area contributed by atoms with Crippen molar-refractivity contribution in [2.75, 3.05) is 24.7 Å². The molecule has 0 amide bonds. The number of aryl methyl sites for hydroxylation is 1. The van der Waals surface area contributed by atoms with Gasteiger partial charge in [0.15, 0.2) is 9.84 Å². The first-order valence-electron chi connectivity index (χ1n) is 6.79. The van der Waals surface area contributed by atoms with Crippen LogP contribution in [0.5, 0.6) is 5.75 Å². The number of hydrogen-bond acceptors (Lipinski definition) is 4. The fraction of sp³-hybridized carbons (Fsp3) is 0.250. The van der Waals surface area contributed by atoms with Crippen molar-refractivity contribution in [2.45, 2.75) is 11.8 Å². The second-order valence-electron chi connectivity index (χ2n) is 4.98. The summed E-state index contributed by atoms with van der Waals surface area (Å²) in [7, 11) is -3.23. The number of halogens is 1. The zero-order valence-corrected chi connectivity index (χ0v) is 13.3. The molecule has 4 nitrogen and oxygen atoms in total. The van der Waals surface area contributed by atoms with Crippen molar-refractivity contribution in [3.8, 4) is 5.75 Å². The Balaban J connectivity index is 1.93. The summed E-state index contributed by atoms with van der Waals surface area (Å²) in [6.07, 6.45) is 1.18. The highest BCUT2D eigenvalue weighted by molar-refractivity contribution is 7.90. The minimum atomic E-state index is -3.23. The average molecular weight is 323 g/mol. The summed E-state index contributed by atoms with van der Waals surface area (Å²) < 4.78 is 41.3. The Morgan fingerprint density at radius 1 is 1.14 bits per heavy atom.